The van der Waals surface area contributed by atoms with Crippen molar-refractivity contribution in [2.45, 2.75) is 6.92 Å². The number of rotatable bonds is 1. The summed E-state index contributed by atoms with van der Waals surface area (Å²) in [7, 11) is 0. The zero-order chi connectivity index (χ0) is 6.85. The van der Waals surface area contributed by atoms with E-state index in [0.29, 0.717) is 5.01 Å². The molecular weight excluding hydrogens is 202 g/mol. The predicted octanol–water partition coefficient (Wildman–Crippen LogP) is 2.03. The van der Waals surface area contributed by atoms with Gasteiger partial charge in [-0.2, -0.15) is 0 Å². The van der Waals surface area contributed by atoms with Crippen LogP contribution in [-0.4, -0.2) is 11.3 Å². The van der Waals surface area contributed by atoms with E-state index in [1.165, 1.54) is 11.3 Å². The number of aldehydes is 1. The van der Waals surface area contributed by atoms with Gasteiger partial charge in [-0.15, -0.1) is 11.3 Å². The summed E-state index contributed by atoms with van der Waals surface area (Å²) in [6.07, 6.45) is 0.752. The van der Waals surface area contributed by atoms with Crippen LogP contribution < -0.4 is 0 Å². The van der Waals surface area contributed by atoms with Crippen molar-refractivity contribution >= 4 is 33.6 Å². The van der Waals surface area contributed by atoms with Crippen molar-refractivity contribution in [1.82, 2.24) is 4.98 Å². The Morgan fingerprint density at radius 1 is 1.78 bits per heavy atom. The molecule has 1 aromatic heterocycles. The maximum atomic E-state index is 10.1. The quantitative estimate of drug-likeness (QED) is 0.658. The molecule has 2 nitrogen and oxygen atoms in total. The maximum Gasteiger partial charge on any atom is 0.178 e. The molecule has 0 aromatic carbocycles. The van der Waals surface area contributed by atoms with Crippen LogP contribution in [-0.2, 0) is 0 Å². The molecule has 0 amide bonds. The van der Waals surface area contributed by atoms with E-state index in [1.54, 1.807) is 0 Å². The molecule has 0 saturated carbocycles. The highest BCUT2D eigenvalue weighted by Crippen LogP contribution is 2.20. The Morgan fingerprint density at radius 2 is 2.44 bits per heavy atom. The summed E-state index contributed by atoms with van der Waals surface area (Å²) in [6, 6.07) is 0. The van der Waals surface area contributed by atoms with E-state index in [4.69, 9.17) is 0 Å². The normalized spacial score (nSPS) is 9.56. The minimum atomic E-state index is 0.527. The fraction of sp³-hybridized carbons (Fsp3) is 0.200. The lowest BCUT2D eigenvalue weighted by Crippen LogP contribution is -1.72. The summed E-state index contributed by atoms with van der Waals surface area (Å²) >= 11 is 4.59. The van der Waals surface area contributed by atoms with Crippen molar-refractivity contribution in [1.29, 1.82) is 0 Å². The van der Waals surface area contributed by atoms with Gasteiger partial charge in [0.1, 0.15) is 4.60 Å². The lowest BCUT2D eigenvalue weighted by molar-refractivity contribution is 0.112. The van der Waals surface area contributed by atoms with Gasteiger partial charge in [0.15, 0.2) is 11.3 Å². The summed E-state index contributed by atoms with van der Waals surface area (Å²) < 4.78 is 0.773. The van der Waals surface area contributed by atoms with Crippen LogP contribution in [0.3, 0.4) is 0 Å². The van der Waals surface area contributed by atoms with Gasteiger partial charge < -0.3 is 0 Å². The highest BCUT2D eigenvalue weighted by molar-refractivity contribution is 9.10. The highest BCUT2D eigenvalue weighted by Gasteiger charge is 2.01. The number of thiazole rings is 1. The minimum absolute atomic E-state index is 0.527. The van der Waals surface area contributed by atoms with E-state index in [-0.39, 0.29) is 0 Å². The Labute approximate surface area is 65.1 Å². The van der Waals surface area contributed by atoms with Crippen molar-refractivity contribution < 1.29 is 4.79 Å². The number of carbonyl (C=O) groups is 1. The number of hydrogen-bond acceptors (Lipinski definition) is 3. The molecule has 0 N–H and O–H groups in total. The van der Waals surface area contributed by atoms with Crippen LogP contribution in [0.5, 0.6) is 0 Å². The number of carbonyl (C=O) groups excluding carboxylic acids is 1. The minimum Gasteiger partial charge on any atom is -0.295 e. The Bertz CT molecular complexity index is 213. The maximum absolute atomic E-state index is 10.1. The largest absolute Gasteiger partial charge is 0.295 e. The van der Waals surface area contributed by atoms with Gasteiger partial charge in [0.05, 0.1) is 0 Å². The molecule has 0 spiro atoms. The summed E-state index contributed by atoms with van der Waals surface area (Å²) in [6.45, 7) is 1.91. The zero-order valence-electron chi connectivity index (χ0n) is 4.72. The van der Waals surface area contributed by atoms with E-state index in [0.717, 1.165) is 15.8 Å². The van der Waals surface area contributed by atoms with Crippen LogP contribution in [0.1, 0.15) is 14.7 Å². The van der Waals surface area contributed by atoms with E-state index >= 15 is 0 Å². The lowest BCUT2D eigenvalue weighted by Gasteiger charge is -1.74. The number of aromatic nitrogens is 1. The SMILES string of the molecule is Cc1sc(C=O)nc1Br. The molecule has 1 aromatic rings. The van der Waals surface area contributed by atoms with Crippen LogP contribution in [0.2, 0.25) is 0 Å². The molecule has 0 radical (unpaired) electrons. The lowest BCUT2D eigenvalue weighted by atomic mass is 10.6. The van der Waals surface area contributed by atoms with Crippen LogP contribution in [0.4, 0.5) is 0 Å². The number of nitrogens with zero attached hydrogens (tertiary/aromatic N) is 1. The highest BCUT2D eigenvalue weighted by atomic mass is 79.9. The molecule has 9 heavy (non-hydrogen) atoms. The molecule has 0 unspecified atom stereocenters. The van der Waals surface area contributed by atoms with Gasteiger partial charge in [-0.25, -0.2) is 4.98 Å². The van der Waals surface area contributed by atoms with Crippen LogP contribution in [0.15, 0.2) is 4.60 Å². The molecule has 1 rings (SSSR count). The third-order valence-corrected chi connectivity index (χ3v) is 2.79. The van der Waals surface area contributed by atoms with Crippen LogP contribution in [0.25, 0.3) is 0 Å². The summed E-state index contributed by atoms with van der Waals surface area (Å²) in [4.78, 5) is 15.0. The average molecular weight is 206 g/mol. The number of halogens is 1. The van der Waals surface area contributed by atoms with Crippen molar-refractivity contribution in [3.63, 3.8) is 0 Å². The smallest absolute Gasteiger partial charge is 0.178 e. The van der Waals surface area contributed by atoms with Crippen molar-refractivity contribution in [3.05, 3.63) is 14.5 Å². The topological polar surface area (TPSA) is 30.0 Å². The first-order chi connectivity index (χ1) is 4.24. The zero-order valence-corrected chi connectivity index (χ0v) is 7.12. The predicted molar refractivity (Wildman–Crippen MR) is 39.9 cm³/mol. The first-order valence-corrected chi connectivity index (χ1v) is 3.93. The molecule has 0 saturated heterocycles. The van der Waals surface area contributed by atoms with Gasteiger partial charge in [-0.05, 0) is 22.9 Å². The van der Waals surface area contributed by atoms with Gasteiger partial charge >= 0.3 is 0 Å². The van der Waals surface area contributed by atoms with Crippen LogP contribution in [0, 0.1) is 6.92 Å². The molecule has 0 bridgehead atoms. The first-order valence-electron chi connectivity index (χ1n) is 2.32. The first kappa shape index (κ1) is 6.89. The third-order valence-electron chi connectivity index (χ3n) is 0.857. The molecule has 0 aliphatic rings. The second-order valence-electron chi connectivity index (χ2n) is 1.52. The number of hydrogen-bond donors (Lipinski definition) is 0. The second kappa shape index (κ2) is 2.58. The van der Waals surface area contributed by atoms with Crippen LogP contribution >= 0.6 is 27.3 Å². The van der Waals surface area contributed by atoms with E-state index in [9.17, 15) is 4.79 Å². The van der Waals surface area contributed by atoms with Gasteiger partial charge in [0, 0.05) is 4.88 Å². The number of aryl methyl sites for hydroxylation is 1. The van der Waals surface area contributed by atoms with Gasteiger partial charge in [-0.1, -0.05) is 0 Å². The monoisotopic (exact) mass is 205 g/mol. The molecule has 4 heteroatoms. The van der Waals surface area contributed by atoms with Gasteiger partial charge in [0.2, 0.25) is 0 Å². The third kappa shape index (κ3) is 1.37. The molecule has 1 heterocycles. The van der Waals surface area contributed by atoms with Gasteiger partial charge in [-0.3, -0.25) is 4.79 Å². The molecule has 0 fully saturated rings. The Hall–Kier alpha value is -0.220. The van der Waals surface area contributed by atoms with E-state index in [1.807, 2.05) is 6.92 Å². The summed E-state index contributed by atoms with van der Waals surface area (Å²) in [5.74, 6) is 0. The standard InChI is InChI=1S/C5H4BrNOS/c1-3-5(6)7-4(2-8)9-3/h2H,1H3. The average Bonchev–Trinajstić information content (AvgIpc) is 2.13. The Morgan fingerprint density at radius 3 is 2.67 bits per heavy atom. The van der Waals surface area contributed by atoms with Crippen molar-refractivity contribution in [2.75, 3.05) is 0 Å². The van der Waals surface area contributed by atoms with E-state index in [2.05, 4.69) is 20.9 Å². The van der Waals surface area contributed by atoms with Crippen molar-refractivity contribution in [3.8, 4) is 0 Å². The van der Waals surface area contributed by atoms with Crippen molar-refractivity contribution in [2.24, 2.45) is 0 Å². The molecule has 0 aliphatic heterocycles. The Kier molecular flexibility index (Phi) is 1.97. The fourth-order valence-corrected chi connectivity index (χ4v) is 1.63. The Balaban J connectivity index is 3.11. The van der Waals surface area contributed by atoms with Gasteiger partial charge in [0.25, 0.3) is 0 Å². The second-order valence-corrected chi connectivity index (χ2v) is 3.50. The molecular formula is C5H4BrNOS. The molecule has 0 aliphatic carbocycles. The van der Waals surface area contributed by atoms with E-state index < -0.39 is 0 Å². The summed E-state index contributed by atoms with van der Waals surface area (Å²) in [5.41, 5.74) is 0. The molecule has 48 valence electrons. The fourth-order valence-electron chi connectivity index (χ4n) is 0.448. The summed E-state index contributed by atoms with van der Waals surface area (Å²) in [5, 5.41) is 0.527. The molecule has 0 atom stereocenters.